The van der Waals surface area contributed by atoms with Gasteiger partial charge >= 0.3 is 0 Å². The highest BCUT2D eigenvalue weighted by atomic mass is 16.5. The van der Waals surface area contributed by atoms with Crippen LogP contribution in [0.2, 0.25) is 0 Å². The number of hydrogen-bond donors (Lipinski definition) is 2. The second-order valence-electron chi connectivity index (χ2n) is 4.51. The maximum atomic E-state index is 5.56. The minimum atomic E-state index is 0.265. The average molecular weight is 252 g/mol. The molecule has 1 atom stereocenters. The Morgan fingerprint density at radius 3 is 2.89 bits per heavy atom. The molecule has 0 spiro atoms. The molecule has 0 aromatic carbocycles. The number of methoxy groups -OCH3 is 1. The molecule has 1 heterocycles. The first-order valence-electron chi connectivity index (χ1n) is 6.26. The van der Waals surface area contributed by atoms with E-state index < -0.39 is 0 Å². The third-order valence-electron chi connectivity index (χ3n) is 2.76. The molecule has 0 amide bonds. The van der Waals surface area contributed by atoms with Gasteiger partial charge in [0.05, 0.1) is 24.2 Å². The Kier molecular flexibility index (Phi) is 6.46. The normalized spacial score (nSPS) is 12.2. The van der Waals surface area contributed by atoms with E-state index in [-0.39, 0.29) is 6.04 Å². The first-order valence-corrected chi connectivity index (χ1v) is 6.26. The number of nitrogens with one attached hydrogen (secondary N) is 1. The molecule has 0 bridgehead atoms. The summed E-state index contributed by atoms with van der Waals surface area (Å²) in [5.41, 5.74) is 7.71. The van der Waals surface area contributed by atoms with Crippen molar-refractivity contribution in [3.63, 3.8) is 0 Å². The zero-order valence-corrected chi connectivity index (χ0v) is 11.5. The first-order chi connectivity index (χ1) is 8.69. The third kappa shape index (κ3) is 4.50. The highest BCUT2D eigenvalue weighted by molar-refractivity contribution is 5.68. The minimum Gasteiger partial charge on any atom is -0.383 e. The Balaban J connectivity index is 2.73. The van der Waals surface area contributed by atoms with Crippen LogP contribution in [0.5, 0.6) is 0 Å². The molecular formula is C13H24N4O. The molecule has 1 rings (SSSR count). The Labute approximate surface area is 109 Å². The summed E-state index contributed by atoms with van der Waals surface area (Å²) in [4.78, 5) is 6.23. The summed E-state index contributed by atoms with van der Waals surface area (Å²) in [6, 6.07) is 2.26. The second-order valence-corrected chi connectivity index (χ2v) is 4.51. The highest BCUT2D eigenvalue weighted by Gasteiger charge is 2.11. The number of pyridine rings is 1. The third-order valence-corrected chi connectivity index (χ3v) is 2.76. The monoisotopic (exact) mass is 252 g/mol. The van der Waals surface area contributed by atoms with E-state index in [1.807, 2.05) is 26.4 Å². The van der Waals surface area contributed by atoms with Gasteiger partial charge in [-0.1, -0.05) is 0 Å². The lowest BCUT2D eigenvalue weighted by Gasteiger charge is -2.23. The topological polar surface area (TPSA) is 63.4 Å². The van der Waals surface area contributed by atoms with E-state index in [1.165, 1.54) is 0 Å². The fourth-order valence-corrected chi connectivity index (χ4v) is 1.87. The molecule has 0 radical (unpaired) electrons. The van der Waals surface area contributed by atoms with Crippen molar-refractivity contribution in [1.82, 2.24) is 4.98 Å². The molecule has 1 aromatic heterocycles. The molecule has 1 unspecified atom stereocenters. The lowest BCUT2D eigenvalue weighted by atomic mass is 10.1. The Morgan fingerprint density at radius 2 is 2.28 bits per heavy atom. The van der Waals surface area contributed by atoms with Crippen LogP contribution in [0, 0.1) is 0 Å². The quantitative estimate of drug-likeness (QED) is 0.730. The van der Waals surface area contributed by atoms with Gasteiger partial charge < -0.3 is 20.7 Å². The Hall–Kier alpha value is -1.33. The van der Waals surface area contributed by atoms with Crippen molar-refractivity contribution < 1.29 is 4.74 Å². The molecule has 0 saturated heterocycles. The lowest BCUT2D eigenvalue weighted by Crippen LogP contribution is -2.27. The smallest absolute Gasteiger partial charge is 0.0767 e. The second kappa shape index (κ2) is 7.89. The summed E-state index contributed by atoms with van der Waals surface area (Å²) < 4.78 is 5.24. The predicted octanol–water partition coefficient (Wildman–Crippen LogP) is 1.31. The van der Waals surface area contributed by atoms with Crippen LogP contribution in [0.1, 0.15) is 12.8 Å². The van der Waals surface area contributed by atoms with Crippen LogP contribution in [-0.4, -0.2) is 45.4 Å². The van der Waals surface area contributed by atoms with E-state index in [1.54, 1.807) is 13.3 Å². The Morgan fingerprint density at radius 1 is 1.50 bits per heavy atom. The van der Waals surface area contributed by atoms with E-state index in [4.69, 9.17) is 10.5 Å². The minimum absolute atomic E-state index is 0.265. The van der Waals surface area contributed by atoms with Gasteiger partial charge in [-0.15, -0.1) is 0 Å². The summed E-state index contributed by atoms with van der Waals surface area (Å²) >= 11 is 0. The summed E-state index contributed by atoms with van der Waals surface area (Å²) in [5, 5.41) is 3.48. The number of nitrogens with two attached hydrogens (primary N) is 1. The van der Waals surface area contributed by atoms with Crippen molar-refractivity contribution in [2.45, 2.75) is 18.9 Å². The highest BCUT2D eigenvalue weighted by Crippen LogP contribution is 2.23. The van der Waals surface area contributed by atoms with Gasteiger partial charge in [-0.2, -0.15) is 0 Å². The van der Waals surface area contributed by atoms with Crippen LogP contribution in [0.4, 0.5) is 11.4 Å². The standard InChI is InChI=1S/C13H24N4O/c1-17(2)13-6-8-15-9-12(13)16-11(10-18-3)5-4-7-14/h6,8-9,11,16H,4-5,7,10,14H2,1-3H3. The fourth-order valence-electron chi connectivity index (χ4n) is 1.87. The number of anilines is 2. The average Bonchev–Trinajstić information content (AvgIpc) is 2.36. The van der Waals surface area contributed by atoms with Crippen molar-refractivity contribution in [3.8, 4) is 0 Å². The van der Waals surface area contributed by atoms with E-state index >= 15 is 0 Å². The Bertz CT molecular complexity index is 344. The van der Waals surface area contributed by atoms with E-state index in [2.05, 4.69) is 15.2 Å². The summed E-state index contributed by atoms with van der Waals surface area (Å²) in [5.74, 6) is 0. The maximum Gasteiger partial charge on any atom is 0.0767 e. The molecular weight excluding hydrogens is 228 g/mol. The van der Waals surface area contributed by atoms with Crippen LogP contribution in [0.3, 0.4) is 0 Å². The largest absolute Gasteiger partial charge is 0.383 e. The van der Waals surface area contributed by atoms with Gasteiger partial charge in [0, 0.05) is 33.4 Å². The van der Waals surface area contributed by atoms with Crippen molar-refractivity contribution in [1.29, 1.82) is 0 Å². The zero-order valence-electron chi connectivity index (χ0n) is 11.5. The van der Waals surface area contributed by atoms with Crippen LogP contribution in [0.15, 0.2) is 18.5 Å². The molecule has 1 aromatic rings. The maximum absolute atomic E-state index is 5.56. The molecule has 18 heavy (non-hydrogen) atoms. The molecule has 0 fully saturated rings. The zero-order chi connectivity index (χ0) is 13.4. The van der Waals surface area contributed by atoms with Gasteiger partial charge in [-0.05, 0) is 25.5 Å². The van der Waals surface area contributed by atoms with Crippen molar-refractivity contribution in [3.05, 3.63) is 18.5 Å². The molecule has 0 saturated carbocycles. The molecule has 5 nitrogen and oxygen atoms in total. The van der Waals surface area contributed by atoms with Crippen LogP contribution in [-0.2, 0) is 4.74 Å². The predicted molar refractivity (Wildman–Crippen MR) is 76.1 cm³/mol. The van der Waals surface area contributed by atoms with E-state index in [0.717, 1.165) is 24.2 Å². The molecule has 0 aliphatic carbocycles. The van der Waals surface area contributed by atoms with Crippen LogP contribution in [0.25, 0.3) is 0 Å². The van der Waals surface area contributed by atoms with Crippen molar-refractivity contribution in [2.75, 3.05) is 44.6 Å². The number of aromatic nitrogens is 1. The first kappa shape index (κ1) is 14.7. The number of rotatable bonds is 8. The van der Waals surface area contributed by atoms with Crippen molar-refractivity contribution in [2.24, 2.45) is 5.73 Å². The van der Waals surface area contributed by atoms with Gasteiger partial charge in [0.2, 0.25) is 0 Å². The van der Waals surface area contributed by atoms with E-state index in [9.17, 15) is 0 Å². The van der Waals surface area contributed by atoms with Gasteiger partial charge in [0.1, 0.15) is 0 Å². The number of nitrogens with zero attached hydrogens (tertiary/aromatic N) is 2. The van der Waals surface area contributed by atoms with Gasteiger partial charge in [0.15, 0.2) is 0 Å². The van der Waals surface area contributed by atoms with Crippen LogP contribution < -0.4 is 16.0 Å². The van der Waals surface area contributed by atoms with Crippen LogP contribution >= 0.6 is 0 Å². The molecule has 3 N–H and O–H groups in total. The number of ether oxygens (including phenoxy) is 1. The SMILES string of the molecule is COCC(CCCN)Nc1cnccc1N(C)C. The van der Waals surface area contributed by atoms with E-state index in [0.29, 0.717) is 13.2 Å². The molecule has 5 heteroatoms. The fraction of sp³-hybridized carbons (Fsp3) is 0.615. The lowest BCUT2D eigenvalue weighted by molar-refractivity contribution is 0.182. The summed E-state index contributed by atoms with van der Waals surface area (Å²) in [6.07, 6.45) is 5.62. The number of hydrogen-bond acceptors (Lipinski definition) is 5. The van der Waals surface area contributed by atoms with Gasteiger partial charge in [0.25, 0.3) is 0 Å². The summed E-state index contributed by atoms with van der Waals surface area (Å²) in [7, 11) is 5.75. The molecule has 0 aliphatic heterocycles. The van der Waals surface area contributed by atoms with Gasteiger partial charge in [-0.3, -0.25) is 4.98 Å². The van der Waals surface area contributed by atoms with Gasteiger partial charge in [-0.25, -0.2) is 0 Å². The summed E-state index contributed by atoms with van der Waals surface area (Å²) in [6.45, 7) is 1.37. The molecule has 0 aliphatic rings. The molecule has 102 valence electrons. The van der Waals surface area contributed by atoms with Crippen molar-refractivity contribution >= 4 is 11.4 Å².